The summed E-state index contributed by atoms with van der Waals surface area (Å²) in [4.78, 5) is 19.4. The van der Waals surface area contributed by atoms with E-state index in [0.29, 0.717) is 17.5 Å². The summed E-state index contributed by atoms with van der Waals surface area (Å²) in [5, 5.41) is 13.7. The summed E-state index contributed by atoms with van der Waals surface area (Å²) in [6, 6.07) is 3.93. The fraction of sp³-hybridized carbons (Fsp3) is 0.600. The van der Waals surface area contributed by atoms with Crippen molar-refractivity contribution in [3.63, 3.8) is 0 Å². The van der Waals surface area contributed by atoms with Crippen LogP contribution in [0.15, 0.2) is 30.7 Å². The second-order valence-corrected chi connectivity index (χ2v) is 8.28. The van der Waals surface area contributed by atoms with Crippen molar-refractivity contribution >= 4 is 11.6 Å². The first kappa shape index (κ1) is 17.5. The number of fused-ring (bicyclic) bond motifs is 1. The van der Waals surface area contributed by atoms with E-state index >= 15 is 0 Å². The minimum absolute atomic E-state index is 0.130. The number of aromatic nitrogens is 2. The largest absolute Gasteiger partial charge is 0.391 e. The van der Waals surface area contributed by atoms with Gasteiger partial charge in [0.25, 0.3) is 5.91 Å². The van der Waals surface area contributed by atoms with E-state index in [2.05, 4.69) is 36.0 Å². The molecule has 6 nitrogen and oxygen atoms in total. The first-order valence-electron chi connectivity index (χ1n) is 9.59. The molecule has 0 radical (unpaired) electrons. The highest BCUT2D eigenvalue weighted by molar-refractivity contribution is 5.94. The lowest BCUT2D eigenvalue weighted by atomic mass is 9.65. The number of imidazole rings is 1. The van der Waals surface area contributed by atoms with Gasteiger partial charge in [0.15, 0.2) is 0 Å². The Bertz CT molecular complexity index is 817. The van der Waals surface area contributed by atoms with Crippen LogP contribution in [0.1, 0.15) is 44.0 Å². The predicted molar refractivity (Wildman–Crippen MR) is 100.0 cm³/mol. The van der Waals surface area contributed by atoms with Crippen molar-refractivity contribution in [2.24, 2.45) is 11.3 Å². The van der Waals surface area contributed by atoms with Crippen molar-refractivity contribution in [1.29, 1.82) is 0 Å². The van der Waals surface area contributed by atoms with E-state index < -0.39 is 6.10 Å². The Hall–Kier alpha value is -1.92. The molecule has 4 rings (SSSR count). The number of carbonyl (C=O) groups excluding carboxylic acids is 1. The molecule has 2 fully saturated rings. The van der Waals surface area contributed by atoms with Gasteiger partial charge in [0.2, 0.25) is 0 Å². The number of nitrogens with zero attached hydrogens (tertiary/aromatic N) is 3. The quantitative estimate of drug-likeness (QED) is 0.878. The molecule has 2 N–H and O–H groups in total. The van der Waals surface area contributed by atoms with E-state index in [1.165, 1.54) is 0 Å². The van der Waals surface area contributed by atoms with Crippen molar-refractivity contribution in [2.45, 2.75) is 51.8 Å². The number of nitrogens with one attached hydrogen (secondary N) is 1. The van der Waals surface area contributed by atoms with E-state index in [1.54, 1.807) is 18.5 Å². The molecule has 26 heavy (non-hydrogen) atoms. The average Bonchev–Trinajstić information content (AvgIpc) is 3.17. The Labute approximate surface area is 154 Å². The topological polar surface area (TPSA) is 69.9 Å². The number of aliphatic hydroxyl groups is 1. The Morgan fingerprint density at radius 2 is 2.23 bits per heavy atom. The van der Waals surface area contributed by atoms with Crippen LogP contribution in [-0.4, -0.2) is 56.6 Å². The van der Waals surface area contributed by atoms with Crippen LogP contribution in [0.25, 0.3) is 5.65 Å². The molecule has 3 heterocycles. The molecule has 1 saturated heterocycles. The summed E-state index contributed by atoms with van der Waals surface area (Å²) in [5.41, 5.74) is 1.54. The summed E-state index contributed by atoms with van der Waals surface area (Å²) < 4.78 is 1.83. The van der Waals surface area contributed by atoms with Crippen LogP contribution in [-0.2, 0) is 0 Å². The van der Waals surface area contributed by atoms with Gasteiger partial charge < -0.3 is 14.8 Å². The molecule has 2 aliphatic rings. The summed E-state index contributed by atoms with van der Waals surface area (Å²) in [6.07, 6.45) is 6.48. The Morgan fingerprint density at radius 3 is 2.96 bits per heavy atom. The van der Waals surface area contributed by atoms with Crippen molar-refractivity contribution in [3.05, 3.63) is 36.3 Å². The third-order valence-corrected chi connectivity index (χ3v) is 6.25. The van der Waals surface area contributed by atoms with Gasteiger partial charge in [0, 0.05) is 36.6 Å². The van der Waals surface area contributed by atoms with Gasteiger partial charge in [0.1, 0.15) is 5.65 Å². The number of carbonyl (C=O) groups is 1. The SMILES string of the molecule is CCN1CC2(C[C@@H](O)[C@H](NC(=O)c3ccc4nccn4c3)C2)C1C(C)C. The number of likely N-dealkylation sites (tertiary alicyclic amines) is 1. The van der Waals surface area contributed by atoms with Crippen LogP contribution in [0.2, 0.25) is 0 Å². The van der Waals surface area contributed by atoms with Gasteiger partial charge in [-0.15, -0.1) is 0 Å². The Kier molecular flexibility index (Phi) is 4.28. The minimum Gasteiger partial charge on any atom is -0.391 e. The Balaban J connectivity index is 1.47. The molecule has 1 amide bonds. The zero-order chi connectivity index (χ0) is 18.5. The molecule has 0 bridgehead atoms. The zero-order valence-electron chi connectivity index (χ0n) is 15.7. The molecular formula is C20H28N4O2. The number of hydrogen-bond donors (Lipinski definition) is 2. The van der Waals surface area contributed by atoms with Crippen LogP contribution in [0, 0.1) is 11.3 Å². The lowest BCUT2D eigenvalue weighted by molar-refractivity contribution is -0.0963. The van der Waals surface area contributed by atoms with Crippen LogP contribution in [0.4, 0.5) is 0 Å². The van der Waals surface area contributed by atoms with Gasteiger partial charge >= 0.3 is 0 Å². The minimum atomic E-state index is -0.476. The first-order valence-corrected chi connectivity index (χ1v) is 9.59. The zero-order valence-corrected chi connectivity index (χ0v) is 15.7. The molecule has 140 valence electrons. The van der Waals surface area contributed by atoms with Crippen molar-refractivity contribution in [3.8, 4) is 0 Å². The highest BCUT2D eigenvalue weighted by atomic mass is 16.3. The molecule has 1 spiro atoms. The smallest absolute Gasteiger partial charge is 0.253 e. The molecule has 1 saturated carbocycles. The lowest BCUT2D eigenvalue weighted by Gasteiger charge is -2.58. The maximum Gasteiger partial charge on any atom is 0.253 e. The van der Waals surface area contributed by atoms with E-state index in [1.807, 2.05) is 16.7 Å². The van der Waals surface area contributed by atoms with Gasteiger partial charge in [-0.05, 0) is 37.4 Å². The average molecular weight is 356 g/mol. The molecule has 1 aliphatic heterocycles. The van der Waals surface area contributed by atoms with Crippen molar-refractivity contribution < 1.29 is 9.90 Å². The number of rotatable bonds is 4. The van der Waals surface area contributed by atoms with Gasteiger partial charge in [-0.1, -0.05) is 20.8 Å². The predicted octanol–water partition coefficient (Wildman–Crippen LogP) is 1.93. The second-order valence-electron chi connectivity index (χ2n) is 8.28. The van der Waals surface area contributed by atoms with Gasteiger partial charge in [-0.2, -0.15) is 0 Å². The molecule has 2 aromatic heterocycles. The molecule has 4 atom stereocenters. The summed E-state index contributed by atoms with van der Waals surface area (Å²) in [6.45, 7) is 8.78. The van der Waals surface area contributed by atoms with Gasteiger partial charge in [0.05, 0.1) is 17.7 Å². The summed E-state index contributed by atoms with van der Waals surface area (Å²) in [7, 11) is 0. The molecular weight excluding hydrogens is 328 g/mol. The fourth-order valence-electron chi connectivity index (χ4n) is 5.35. The van der Waals surface area contributed by atoms with Gasteiger partial charge in [-0.3, -0.25) is 9.69 Å². The third kappa shape index (κ3) is 2.72. The lowest BCUT2D eigenvalue weighted by Crippen LogP contribution is -2.65. The molecule has 6 heteroatoms. The van der Waals surface area contributed by atoms with Crippen LogP contribution < -0.4 is 5.32 Å². The fourth-order valence-corrected chi connectivity index (χ4v) is 5.35. The number of hydrogen-bond acceptors (Lipinski definition) is 4. The molecule has 1 aliphatic carbocycles. The normalized spacial score (nSPS) is 31.7. The number of amides is 1. The van der Waals surface area contributed by atoms with E-state index in [-0.39, 0.29) is 17.4 Å². The van der Waals surface area contributed by atoms with Gasteiger partial charge in [-0.25, -0.2) is 4.98 Å². The van der Waals surface area contributed by atoms with Crippen LogP contribution in [0.3, 0.4) is 0 Å². The molecule has 2 unspecified atom stereocenters. The van der Waals surface area contributed by atoms with E-state index in [4.69, 9.17) is 0 Å². The maximum absolute atomic E-state index is 12.7. The van der Waals surface area contributed by atoms with Crippen molar-refractivity contribution in [1.82, 2.24) is 19.6 Å². The second kappa shape index (κ2) is 6.35. The molecule has 0 aromatic carbocycles. The number of aliphatic hydroxyl groups excluding tert-OH is 1. The highest BCUT2D eigenvalue weighted by Gasteiger charge is 2.58. The van der Waals surface area contributed by atoms with E-state index in [9.17, 15) is 9.90 Å². The molecule has 2 aromatic rings. The summed E-state index contributed by atoms with van der Waals surface area (Å²) >= 11 is 0. The van der Waals surface area contributed by atoms with E-state index in [0.717, 1.165) is 31.6 Å². The maximum atomic E-state index is 12.7. The monoisotopic (exact) mass is 356 g/mol. The van der Waals surface area contributed by atoms with Crippen LogP contribution in [0.5, 0.6) is 0 Å². The van der Waals surface area contributed by atoms with Crippen LogP contribution >= 0.6 is 0 Å². The van der Waals surface area contributed by atoms with Crippen molar-refractivity contribution in [2.75, 3.05) is 13.1 Å². The number of pyridine rings is 1. The highest BCUT2D eigenvalue weighted by Crippen LogP contribution is 2.52. The first-order chi connectivity index (χ1) is 12.4. The standard InChI is InChI=1S/C20H28N4O2/c1-4-23-12-20(18(23)13(2)3)9-15(16(25)10-20)22-19(26)14-5-6-17-21-7-8-24(17)11-14/h5-8,11,13,15-16,18,25H,4,9-10,12H2,1-3H3,(H,22,26)/t15-,16-,18?,20?/m1/s1. The summed E-state index contributed by atoms with van der Waals surface area (Å²) in [5.74, 6) is 0.420. The third-order valence-electron chi connectivity index (χ3n) is 6.25. The Morgan fingerprint density at radius 1 is 1.42 bits per heavy atom.